The van der Waals surface area contributed by atoms with Crippen LogP contribution in [-0.2, 0) is 9.47 Å². The SMILES string of the molecule is CC(C)OCCOCC(O)CN[C@H](CO)C(C)C. The van der Waals surface area contributed by atoms with Crippen LogP contribution in [0.4, 0.5) is 0 Å². The van der Waals surface area contributed by atoms with Gasteiger partial charge in [0.1, 0.15) is 0 Å². The van der Waals surface area contributed by atoms with Crippen LogP contribution in [0, 0.1) is 5.92 Å². The molecule has 110 valence electrons. The largest absolute Gasteiger partial charge is 0.395 e. The Labute approximate surface area is 110 Å². The van der Waals surface area contributed by atoms with Gasteiger partial charge in [-0.1, -0.05) is 13.8 Å². The monoisotopic (exact) mass is 263 g/mol. The van der Waals surface area contributed by atoms with Gasteiger partial charge in [0.15, 0.2) is 0 Å². The summed E-state index contributed by atoms with van der Waals surface area (Å²) in [5, 5.41) is 21.9. The molecule has 0 aliphatic rings. The highest BCUT2D eigenvalue weighted by Crippen LogP contribution is 2.00. The molecule has 0 aliphatic heterocycles. The minimum Gasteiger partial charge on any atom is -0.395 e. The molecule has 18 heavy (non-hydrogen) atoms. The smallest absolute Gasteiger partial charge is 0.0897 e. The van der Waals surface area contributed by atoms with Crippen molar-refractivity contribution in [2.45, 2.75) is 45.9 Å². The normalized spacial score (nSPS) is 15.3. The standard InChI is InChI=1S/C13H29NO4/c1-10(2)13(8-15)14-7-12(16)9-17-5-6-18-11(3)4/h10-16H,5-9H2,1-4H3/t12?,13-/m1/s1. The fraction of sp³-hybridized carbons (Fsp3) is 1.00. The Morgan fingerprint density at radius 2 is 1.78 bits per heavy atom. The number of hydrogen-bond donors (Lipinski definition) is 3. The highest BCUT2D eigenvalue weighted by molar-refractivity contribution is 4.71. The number of nitrogens with one attached hydrogen (secondary N) is 1. The molecule has 0 saturated heterocycles. The minimum atomic E-state index is -0.558. The van der Waals surface area contributed by atoms with Gasteiger partial charge in [-0.05, 0) is 19.8 Å². The van der Waals surface area contributed by atoms with Crippen molar-refractivity contribution < 1.29 is 19.7 Å². The van der Waals surface area contributed by atoms with Gasteiger partial charge in [0.05, 0.1) is 38.6 Å². The van der Waals surface area contributed by atoms with E-state index in [2.05, 4.69) is 5.32 Å². The molecule has 0 aliphatic carbocycles. The predicted octanol–water partition coefficient (Wildman–Crippen LogP) is 0.395. The van der Waals surface area contributed by atoms with E-state index in [-0.39, 0.29) is 25.4 Å². The Hall–Kier alpha value is -0.200. The van der Waals surface area contributed by atoms with Crippen LogP contribution in [0.25, 0.3) is 0 Å². The van der Waals surface area contributed by atoms with Gasteiger partial charge < -0.3 is 25.0 Å². The van der Waals surface area contributed by atoms with E-state index in [0.29, 0.717) is 25.7 Å². The van der Waals surface area contributed by atoms with E-state index >= 15 is 0 Å². The van der Waals surface area contributed by atoms with E-state index in [9.17, 15) is 5.11 Å². The second-order valence-corrected chi connectivity index (χ2v) is 5.09. The Bertz CT molecular complexity index is 188. The first-order chi connectivity index (χ1) is 8.47. The van der Waals surface area contributed by atoms with Gasteiger partial charge in [0.25, 0.3) is 0 Å². The van der Waals surface area contributed by atoms with Gasteiger partial charge in [-0.15, -0.1) is 0 Å². The molecule has 0 bridgehead atoms. The van der Waals surface area contributed by atoms with Crippen LogP contribution in [0.5, 0.6) is 0 Å². The summed E-state index contributed by atoms with van der Waals surface area (Å²) in [6.45, 7) is 9.82. The first-order valence-electron chi connectivity index (χ1n) is 6.69. The van der Waals surface area contributed by atoms with Crippen molar-refractivity contribution in [1.29, 1.82) is 0 Å². The molecule has 1 unspecified atom stereocenters. The molecule has 0 spiro atoms. The summed E-state index contributed by atoms with van der Waals surface area (Å²) >= 11 is 0. The van der Waals surface area contributed by atoms with E-state index in [1.165, 1.54) is 0 Å². The van der Waals surface area contributed by atoms with Crippen LogP contribution in [0.1, 0.15) is 27.7 Å². The van der Waals surface area contributed by atoms with Crippen molar-refractivity contribution >= 4 is 0 Å². The lowest BCUT2D eigenvalue weighted by molar-refractivity contribution is -0.0112. The zero-order valence-electron chi connectivity index (χ0n) is 12.1. The lowest BCUT2D eigenvalue weighted by Gasteiger charge is -2.22. The lowest BCUT2D eigenvalue weighted by atomic mass is 10.1. The van der Waals surface area contributed by atoms with Gasteiger partial charge in [0.2, 0.25) is 0 Å². The third-order valence-corrected chi connectivity index (χ3v) is 2.61. The molecule has 0 fully saturated rings. The van der Waals surface area contributed by atoms with Crippen LogP contribution < -0.4 is 5.32 Å². The third kappa shape index (κ3) is 9.79. The molecular weight excluding hydrogens is 234 g/mol. The van der Waals surface area contributed by atoms with Gasteiger partial charge in [0, 0.05) is 12.6 Å². The number of aliphatic hydroxyl groups is 2. The Balaban J connectivity index is 3.50. The lowest BCUT2D eigenvalue weighted by Crippen LogP contribution is -2.42. The summed E-state index contributed by atoms with van der Waals surface area (Å²) in [5.41, 5.74) is 0. The molecule has 0 amide bonds. The van der Waals surface area contributed by atoms with E-state index in [1.54, 1.807) is 0 Å². The number of ether oxygens (including phenoxy) is 2. The third-order valence-electron chi connectivity index (χ3n) is 2.61. The minimum absolute atomic E-state index is 0.0175. The Morgan fingerprint density at radius 3 is 2.28 bits per heavy atom. The molecule has 2 atom stereocenters. The van der Waals surface area contributed by atoms with Crippen LogP contribution in [-0.4, -0.2) is 61.4 Å². The molecular formula is C13H29NO4. The van der Waals surface area contributed by atoms with Crippen LogP contribution in [0.15, 0.2) is 0 Å². The molecule has 0 heterocycles. The fourth-order valence-corrected chi connectivity index (χ4v) is 1.42. The summed E-state index contributed by atoms with van der Waals surface area (Å²) < 4.78 is 10.6. The van der Waals surface area contributed by atoms with Crippen LogP contribution in [0.2, 0.25) is 0 Å². The van der Waals surface area contributed by atoms with Crippen molar-refractivity contribution in [3.63, 3.8) is 0 Å². The summed E-state index contributed by atoms with van der Waals surface area (Å²) in [4.78, 5) is 0. The summed E-state index contributed by atoms with van der Waals surface area (Å²) in [5.74, 6) is 0.336. The molecule has 5 heteroatoms. The van der Waals surface area contributed by atoms with Crippen LogP contribution in [0.3, 0.4) is 0 Å². The maximum atomic E-state index is 9.67. The zero-order chi connectivity index (χ0) is 14.0. The van der Waals surface area contributed by atoms with Gasteiger partial charge >= 0.3 is 0 Å². The maximum absolute atomic E-state index is 9.67. The van der Waals surface area contributed by atoms with Gasteiger partial charge in [-0.25, -0.2) is 0 Å². The van der Waals surface area contributed by atoms with Crippen molar-refractivity contribution in [3.05, 3.63) is 0 Å². The van der Waals surface area contributed by atoms with Crippen molar-refractivity contribution in [1.82, 2.24) is 5.32 Å². The van der Waals surface area contributed by atoms with Crippen molar-refractivity contribution in [3.8, 4) is 0 Å². The van der Waals surface area contributed by atoms with Gasteiger partial charge in [-0.2, -0.15) is 0 Å². The predicted molar refractivity (Wildman–Crippen MR) is 71.6 cm³/mol. The Morgan fingerprint density at radius 1 is 1.11 bits per heavy atom. The zero-order valence-corrected chi connectivity index (χ0v) is 12.1. The molecule has 0 saturated carbocycles. The first-order valence-corrected chi connectivity index (χ1v) is 6.69. The quantitative estimate of drug-likeness (QED) is 0.471. The van der Waals surface area contributed by atoms with E-state index in [4.69, 9.17) is 14.6 Å². The van der Waals surface area contributed by atoms with E-state index in [0.717, 1.165) is 0 Å². The highest BCUT2D eigenvalue weighted by atomic mass is 16.5. The number of rotatable bonds is 11. The molecule has 0 aromatic heterocycles. The van der Waals surface area contributed by atoms with Crippen LogP contribution >= 0.6 is 0 Å². The molecule has 5 nitrogen and oxygen atoms in total. The van der Waals surface area contributed by atoms with Crippen molar-refractivity contribution in [2.24, 2.45) is 5.92 Å². The van der Waals surface area contributed by atoms with E-state index in [1.807, 2.05) is 27.7 Å². The topological polar surface area (TPSA) is 71.0 Å². The summed E-state index contributed by atoms with van der Waals surface area (Å²) in [6.07, 6.45) is -0.353. The van der Waals surface area contributed by atoms with E-state index < -0.39 is 6.10 Å². The average Bonchev–Trinajstić information content (AvgIpc) is 2.28. The van der Waals surface area contributed by atoms with Gasteiger partial charge in [-0.3, -0.25) is 0 Å². The molecule has 0 radical (unpaired) electrons. The molecule has 0 aromatic rings. The summed E-state index contributed by atoms with van der Waals surface area (Å²) in [6, 6.07) is 0.0175. The second-order valence-electron chi connectivity index (χ2n) is 5.09. The molecule has 3 N–H and O–H groups in total. The second kappa shape index (κ2) is 10.7. The number of aliphatic hydroxyl groups excluding tert-OH is 2. The summed E-state index contributed by atoms with van der Waals surface area (Å²) in [7, 11) is 0. The van der Waals surface area contributed by atoms with Crippen molar-refractivity contribution in [2.75, 3.05) is 33.0 Å². The first kappa shape index (κ1) is 17.8. The molecule has 0 aromatic carbocycles. The highest BCUT2D eigenvalue weighted by Gasteiger charge is 2.13. The molecule has 0 rings (SSSR count). The number of hydrogen-bond acceptors (Lipinski definition) is 5. The maximum Gasteiger partial charge on any atom is 0.0897 e. The Kier molecular flexibility index (Phi) is 10.6. The average molecular weight is 263 g/mol. The fourth-order valence-electron chi connectivity index (χ4n) is 1.42.